The molecule has 1 fully saturated rings. The van der Waals surface area contributed by atoms with E-state index in [-0.39, 0.29) is 12.1 Å². The second kappa shape index (κ2) is 15.1. The molecule has 1 aliphatic rings. The number of fused-ring (bicyclic) bond motifs is 1. The predicted molar refractivity (Wildman–Crippen MR) is 115 cm³/mol. The number of ether oxygens (including phenoxy) is 1. The molecule has 2 aromatic heterocycles. The van der Waals surface area contributed by atoms with Gasteiger partial charge >= 0.3 is 16.5 Å². The Kier molecular flexibility index (Phi) is 13.4. The SMILES string of the molecule is Nc1ncnc2c1ncn2[C@@H]1O[C@H](CO)[C@@H](O)[C@H]1O.O=CC(O)C(O)C(O)CO.O=[P+](O)O[P+](=O)O. The summed E-state index contributed by atoms with van der Waals surface area (Å²) in [6.45, 7) is -1.08. The van der Waals surface area contributed by atoms with Crippen molar-refractivity contribution >= 4 is 39.8 Å². The van der Waals surface area contributed by atoms with Crippen molar-refractivity contribution in [2.24, 2.45) is 0 Å². The van der Waals surface area contributed by atoms with E-state index in [1.807, 2.05) is 0 Å². The van der Waals surface area contributed by atoms with Crippen molar-refractivity contribution in [3.05, 3.63) is 12.7 Å². The third-order valence-corrected chi connectivity index (χ3v) is 5.51. The predicted octanol–water partition coefficient (Wildman–Crippen LogP) is -4.42. The van der Waals surface area contributed by atoms with Crippen LogP contribution in [-0.4, -0.2) is 121 Å². The number of nitrogens with two attached hydrogens (primary N) is 1. The normalized spacial score (nSPS) is 24.5. The molecule has 0 spiro atoms. The van der Waals surface area contributed by atoms with Crippen LogP contribution >= 0.6 is 16.5 Å². The summed E-state index contributed by atoms with van der Waals surface area (Å²) >= 11 is 0. The van der Waals surface area contributed by atoms with Gasteiger partial charge in [0.2, 0.25) is 0 Å². The quantitative estimate of drug-likeness (QED) is 0.107. The van der Waals surface area contributed by atoms with Gasteiger partial charge in [0.25, 0.3) is 0 Å². The van der Waals surface area contributed by atoms with E-state index < -0.39 is 72.6 Å². The minimum atomic E-state index is -2.92. The Labute approximate surface area is 202 Å². The fourth-order valence-corrected chi connectivity index (χ4v) is 3.12. The average Bonchev–Trinajstić information content (AvgIpc) is 3.39. The van der Waals surface area contributed by atoms with Crippen LogP contribution in [0.4, 0.5) is 5.82 Å². The molecule has 3 heterocycles. The van der Waals surface area contributed by atoms with E-state index in [2.05, 4.69) is 19.3 Å². The minimum Gasteiger partial charge on any atom is -0.394 e. The number of rotatable bonds is 8. The summed E-state index contributed by atoms with van der Waals surface area (Å²) < 4.78 is 29.0. The number of carbonyl (C=O) groups excluding carboxylic acids is 1. The molecule has 5 unspecified atom stereocenters. The molecule has 0 aliphatic carbocycles. The zero-order valence-corrected chi connectivity index (χ0v) is 19.8. The first kappa shape index (κ1) is 31.8. The molecule has 1 aliphatic heterocycles. The molecule has 3 rings (SSSR count). The van der Waals surface area contributed by atoms with Gasteiger partial charge < -0.3 is 51.0 Å². The third-order valence-electron chi connectivity index (χ3n) is 4.39. The Morgan fingerprint density at radius 3 is 2.17 bits per heavy atom. The lowest BCUT2D eigenvalue weighted by atomic mass is 10.1. The monoisotopic (exact) mass is 561 g/mol. The molecule has 0 bridgehead atoms. The lowest BCUT2D eigenvalue weighted by Crippen LogP contribution is -2.40. The molecular weight excluding hydrogens is 536 g/mol. The lowest BCUT2D eigenvalue weighted by molar-refractivity contribution is -0.127. The zero-order valence-electron chi connectivity index (χ0n) is 18.0. The summed E-state index contributed by atoms with van der Waals surface area (Å²) in [5.41, 5.74) is 6.44. The number of aliphatic hydroxyl groups excluding tert-OH is 7. The Hall–Kier alpha value is -2.22. The van der Waals surface area contributed by atoms with Gasteiger partial charge in [0.05, 0.1) is 19.5 Å². The molecule has 9 atom stereocenters. The van der Waals surface area contributed by atoms with E-state index in [0.29, 0.717) is 11.2 Å². The molecule has 11 N–H and O–H groups in total. The molecule has 1 saturated heterocycles. The maximum atomic E-state index is 9.95. The van der Waals surface area contributed by atoms with Crippen molar-refractivity contribution in [3.8, 4) is 0 Å². The number of imidazole rings is 1. The first-order valence-corrected chi connectivity index (χ1v) is 11.8. The van der Waals surface area contributed by atoms with Crippen LogP contribution in [0.3, 0.4) is 0 Å². The Balaban J connectivity index is 0.000000322. The van der Waals surface area contributed by atoms with Gasteiger partial charge in [-0.15, -0.1) is 9.79 Å². The average molecular weight is 561 g/mol. The lowest BCUT2D eigenvalue weighted by Gasteiger charge is -2.16. The van der Waals surface area contributed by atoms with Gasteiger partial charge in [-0.05, 0) is 0 Å². The Bertz CT molecular complexity index is 1000. The van der Waals surface area contributed by atoms with Crippen molar-refractivity contribution in [1.29, 1.82) is 0 Å². The first-order chi connectivity index (χ1) is 16.9. The summed E-state index contributed by atoms with van der Waals surface area (Å²) in [4.78, 5) is 37.0. The van der Waals surface area contributed by atoms with E-state index in [0.717, 1.165) is 0 Å². The molecule has 19 nitrogen and oxygen atoms in total. The van der Waals surface area contributed by atoms with Gasteiger partial charge in [-0.2, -0.15) is 0 Å². The second-order valence-corrected chi connectivity index (χ2v) is 8.34. The fraction of sp³-hybridized carbons (Fsp3) is 0.600. The summed E-state index contributed by atoms with van der Waals surface area (Å²) in [5.74, 6) is 0.218. The van der Waals surface area contributed by atoms with Crippen LogP contribution < -0.4 is 5.73 Å². The van der Waals surface area contributed by atoms with E-state index in [9.17, 15) is 24.1 Å². The van der Waals surface area contributed by atoms with Crippen LogP contribution in [0, 0.1) is 0 Å². The molecule has 0 saturated carbocycles. The van der Waals surface area contributed by atoms with E-state index >= 15 is 0 Å². The van der Waals surface area contributed by atoms with E-state index in [1.165, 1.54) is 17.2 Å². The zero-order chi connectivity index (χ0) is 27.6. The summed E-state index contributed by atoms with van der Waals surface area (Å²) in [5, 5.41) is 62.8. The largest absolute Gasteiger partial charge is 0.745 e. The van der Waals surface area contributed by atoms with Crippen molar-refractivity contribution in [1.82, 2.24) is 19.5 Å². The molecule has 2 aromatic rings. The molecule has 21 heteroatoms. The maximum Gasteiger partial charge on any atom is 0.745 e. The standard InChI is InChI=1S/C10H13N5O4.C5H10O5.O5P2/c11-8-5-9(13-2-12-8)15(3-14-5)10-7(18)6(17)4(1-16)19-10;6-1-3(8)5(10)4(9)2-7;1-6(2)5-7(3)4/h2-4,6-7,10,16-18H,1H2,(H2,11,12,13);1,3-5,7-10H,2H2;/p+2/t4-,6-,7-,10-;;/m1../s1. The highest BCUT2D eigenvalue weighted by Crippen LogP contribution is 2.32. The van der Waals surface area contributed by atoms with Gasteiger partial charge in [0.1, 0.15) is 48.5 Å². The number of aromatic nitrogens is 4. The number of aldehydes is 1. The summed E-state index contributed by atoms with van der Waals surface area (Å²) in [6, 6.07) is 0. The van der Waals surface area contributed by atoms with Gasteiger partial charge in [0.15, 0.2) is 28.3 Å². The van der Waals surface area contributed by atoms with Gasteiger partial charge in [0, 0.05) is 9.13 Å². The molecule has 0 amide bonds. The highest BCUT2D eigenvalue weighted by Gasteiger charge is 2.44. The maximum absolute atomic E-state index is 9.95. The van der Waals surface area contributed by atoms with Gasteiger partial charge in [-0.1, -0.05) is 0 Å². The van der Waals surface area contributed by atoms with Crippen molar-refractivity contribution < 1.29 is 68.5 Å². The van der Waals surface area contributed by atoms with E-state index in [4.69, 9.17) is 45.8 Å². The van der Waals surface area contributed by atoms with Crippen LogP contribution in [0.15, 0.2) is 12.7 Å². The molecule has 36 heavy (non-hydrogen) atoms. The topological polar surface area (TPSA) is 321 Å². The third kappa shape index (κ3) is 8.71. The second-order valence-electron chi connectivity index (χ2n) is 6.74. The minimum absolute atomic E-state index is 0.0869. The Morgan fingerprint density at radius 2 is 1.72 bits per heavy atom. The van der Waals surface area contributed by atoms with Crippen molar-refractivity contribution in [2.75, 3.05) is 18.9 Å². The number of nitrogens with zero attached hydrogens (tertiary/aromatic N) is 4. The number of nitrogen functional groups attached to an aromatic ring is 1. The van der Waals surface area contributed by atoms with Crippen LogP contribution in [0.5, 0.6) is 0 Å². The Morgan fingerprint density at radius 1 is 1.11 bits per heavy atom. The molecule has 0 radical (unpaired) electrons. The van der Waals surface area contributed by atoms with Crippen LogP contribution in [0.25, 0.3) is 11.2 Å². The van der Waals surface area contributed by atoms with Gasteiger partial charge in [-0.3, -0.25) is 4.57 Å². The van der Waals surface area contributed by atoms with Crippen molar-refractivity contribution in [3.63, 3.8) is 0 Å². The molecular formula is C15H25N5O14P2+2. The number of hydrogen-bond acceptors (Lipinski definition) is 16. The molecule has 202 valence electrons. The summed E-state index contributed by atoms with van der Waals surface area (Å²) in [7, 11) is -5.85. The number of carbonyl (C=O) groups is 1. The summed E-state index contributed by atoms with van der Waals surface area (Å²) in [6.07, 6.45) is -6.05. The molecule has 0 aromatic carbocycles. The van der Waals surface area contributed by atoms with Gasteiger partial charge in [-0.25, -0.2) is 15.0 Å². The number of aliphatic hydroxyl groups is 7. The van der Waals surface area contributed by atoms with Crippen LogP contribution in [0.2, 0.25) is 0 Å². The van der Waals surface area contributed by atoms with E-state index in [1.54, 1.807) is 0 Å². The fourth-order valence-electron chi connectivity index (χ4n) is 2.64. The number of hydrogen-bond donors (Lipinski definition) is 10. The smallest absolute Gasteiger partial charge is 0.394 e. The highest BCUT2D eigenvalue weighted by molar-refractivity contribution is 7.46. The van der Waals surface area contributed by atoms with Crippen LogP contribution in [-0.2, 0) is 23.0 Å². The number of anilines is 1. The first-order valence-electron chi connectivity index (χ1n) is 9.55. The highest BCUT2D eigenvalue weighted by atomic mass is 31.2. The van der Waals surface area contributed by atoms with Crippen LogP contribution in [0.1, 0.15) is 6.23 Å². The van der Waals surface area contributed by atoms with Crippen molar-refractivity contribution in [2.45, 2.75) is 42.9 Å².